The van der Waals surface area contributed by atoms with Crippen LogP contribution in [0.25, 0.3) is 0 Å². The maximum Gasteiger partial charge on any atom is 0.309 e. The summed E-state index contributed by atoms with van der Waals surface area (Å²) in [7, 11) is 1.38. The van der Waals surface area contributed by atoms with Gasteiger partial charge in [0.1, 0.15) is 16.8 Å². The van der Waals surface area contributed by atoms with Crippen LogP contribution >= 0.6 is 11.6 Å². The van der Waals surface area contributed by atoms with Crippen molar-refractivity contribution in [1.82, 2.24) is 9.97 Å². The number of carbonyl (C=O) groups excluding carboxylic acids is 1. The number of aromatic nitrogens is 2. The van der Waals surface area contributed by atoms with Crippen molar-refractivity contribution >= 4 is 29.1 Å². The molecule has 1 aliphatic rings. The van der Waals surface area contributed by atoms with E-state index < -0.39 is 0 Å². The molecule has 0 atom stereocenters. The van der Waals surface area contributed by atoms with Gasteiger partial charge in [-0.3, -0.25) is 4.79 Å². The molecule has 1 heterocycles. The summed E-state index contributed by atoms with van der Waals surface area (Å²) in [6.07, 6.45) is 2.48. The minimum Gasteiger partial charge on any atom is -0.469 e. The number of esters is 1. The maximum atomic E-state index is 11.3. The van der Waals surface area contributed by atoms with E-state index in [9.17, 15) is 4.79 Å². The highest BCUT2D eigenvalue weighted by atomic mass is 35.5. The van der Waals surface area contributed by atoms with E-state index in [1.165, 1.54) is 7.11 Å². The molecule has 0 unspecified atom stereocenters. The number of ether oxygens (including phenoxy) is 1. The van der Waals surface area contributed by atoms with Crippen molar-refractivity contribution in [1.29, 1.82) is 0 Å². The zero-order valence-electron chi connectivity index (χ0n) is 12.2. The fourth-order valence-electron chi connectivity index (χ4n) is 2.17. The standard InChI is InChI=1S/C16H16ClN3O2/c1-22-15(21)8-10-3-2-4-12(7-10)18-14-9-13(17)19-16(20-14)11-5-6-11/h2-4,7,9,11H,5-6,8H2,1H3,(H,18,19,20). The Morgan fingerprint density at radius 3 is 2.91 bits per heavy atom. The number of hydrogen-bond donors (Lipinski definition) is 1. The minimum absolute atomic E-state index is 0.240. The van der Waals surface area contributed by atoms with Crippen molar-refractivity contribution in [3.05, 3.63) is 46.9 Å². The number of nitrogens with zero attached hydrogens (tertiary/aromatic N) is 2. The van der Waals surface area contributed by atoms with E-state index in [1.807, 2.05) is 24.3 Å². The first-order chi connectivity index (χ1) is 10.6. The lowest BCUT2D eigenvalue weighted by atomic mass is 10.1. The van der Waals surface area contributed by atoms with Crippen molar-refractivity contribution < 1.29 is 9.53 Å². The summed E-state index contributed by atoms with van der Waals surface area (Å²) in [5, 5.41) is 3.65. The Morgan fingerprint density at radius 2 is 2.18 bits per heavy atom. The smallest absolute Gasteiger partial charge is 0.309 e. The third-order valence-electron chi connectivity index (χ3n) is 3.43. The molecule has 22 heavy (non-hydrogen) atoms. The first-order valence-electron chi connectivity index (χ1n) is 7.11. The first-order valence-corrected chi connectivity index (χ1v) is 7.49. The van der Waals surface area contributed by atoms with Gasteiger partial charge in [-0.25, -0.2) is 9.97 Å². The molecular formula is C16H16ClN3O2. The summed E-state index contributed by atoms with van der Waals surface area (Å²) >= 11 is 6.05. The molecule has 1 fully saturated rings. The van der Waals surface area contributed by atoms with Crippen molar-refractivity contribution in [2.75, 3.05) is 12.4 Å². The number of halogens is 1. The molecule has 1 saturated carbocycles. The summed E-state index contributed by atoms with van der Waals surface area (Å²) < 4.78 is 4.68. The summed E-state index contributed by atoms with van der Waals surface area (Å²) in [6, 6.07) is 9.26. The van der Waals surface area contributed by atoms with Crippen LogP contribution in [0.3, 0.4) is 0 Å². The lowest BCUT2D eigenvalue weighted by Crippen LogP contribution is -2.05. The van der Waals surface area contributed by atoms with Gasteiger partial charge in [-0.05, 0) is 30.5 Å². The average molecular weight is 318 g/mol. The van der Waals surface area contributed by atoms with Crippen LogP contribution in [0.1, 0.15) is 30.1 Å². The third-order valence-corrected chi connectivity index (χ3v) is 3.62. The molecule has 1 aromatic heterocycles. The quantitative estimate of drug-likeness (QED) is 0.675. The minimum atomic E-state index is -0.266. The van der Waals surface area contributed by atoms with Crippen LogP contribution in [0.5, 0.6) is 0 Å². The Hall–Kier alpha value is -2.14. The second-order valence-corrected chi connectivity index (χ2v) is 5.67. The topological polar surface area (TPSA) is 64.1 Å². The lowest BCUT2D eigenvalue weighted by Gasteiger charge is -2.09. The number of carbonyl (C=O) groups is 1. The van der Waals surface area contributed by atoms with Crippen LogP contribution in [0, 0.1) is 0 Å². The number of anilines is 2. The molecule has 1 aliphatic carbocycles. The molecule has 3 rings (SSSR count). The van der Waals surface area contributed by atoms with Crippen molar-refractivity contribution in [3.63, 3.8) is 0 Å². The van der Waals surface area contributed by atoms with Crippen LogP contribution in [-0.4, -0.2) is 23.0 Å². The number of rotatable bonds is 5. The highest BCUT2D eigenvalue weighted by Crippen LogP contribution is 2.39. The number of methoxy groups -OCH3 is 1. The second kappa shape index (κ2) is 6.32. The van der Waals surface area contributed by atoms with Gasteiger partial charge in [-0.2, -0.15) is 0 Å². The van der Waals surface area contributed by atoms with Crippen molar-refractivity contribution in [2.45, 2.75) is 25.2 Å². The fourth-order valence-corrected chi connectivity index (χ4v) is 2.36. The Kier molecular flexibility index (Phi) is 4.24. The molecular weight excluding hydrogens is 302 g/mol. The van der Waals surface area contributed by atoms with Crippen LogP contribution < -0.4 is 5.32 Å². The van der Waals surface area contributed by atoms with Crippen LogP contribution in [0.4, 0.5) is 11.5 Å². The van der Waals surface area contributed by atoms with Gasteiger partial charge in [0.2, 0.25) is 0 Å². The van der Waals surface area contributed by atoms with E-state index in [2.05, 4.69) is 20.0 Å². The molecule has 1 N–H and O–H groups in total. The summed E-state index contributed by atoms with van der Waals surface area (Å²) in [5.74, 6) is 1.63. The third kappa shape index (κ3) is 3.74. The van der Waals surface area contributed by atoms with E-state index >= 15 is 0 Å². The molecule has 6 heteroatoms. The van der Waals surface area contributed by atoms with Crippen LogP contribution in [0.15, 0.2) is 30.3 Å². The largest absolute Gasteiger partial charge is 0.469 e. The number of nitrogens with one attached hydrogen (secondary N) is 1. The van der Waals surface area contributed by atoms with E-state index in [-0.39, 0.29) is 12.4 Å². The molecule has 0 bridgehead atoms. The number of hydrogen-bond acceptors (Lipinski definition) is 5. The van der Waals surface area contributed by atoms with Crippen molar-refractivity contribution in [2.24, 2.45) is 0 Å². The Bertz CT molecular complexity index is 702. The van der Waals surface area contributed by atoms with Crippen LogP contribution in [0.2, 0.25) is 5.15 Å². The molecule has 0 radical (unpaired) electrons. The molecule has 0 aliphatic heterocycles. The van der Waals surface area contributed by atoms with E-state index in [1.54, 1.807) is 6.07 Å². The predicted octanol–water partition coefficient (Wildman–Crippen LogP) is 3.47. The fraction of sp³-hybridized carbons (Fsp3) is 0.312. The normalized spacial score (nSPS) is 13.7. The monoisotopic (exact) mass is 317 g/mol. The average Bonchev–Trinajstić information content (AvgIpc) is 3.31. The highest BCUT2D eigenvalue weighted by Gasteiger charge is 2.27. The number of benzene rings is 1. The summed E-state index contributed by atoms with van der Waals surface area (Å²) in [4.78, 5) is 20.1. The zero-order chi connectivity index (χ0) is 15.5. The molecule has 0 spiro atoms. The molecule has 0 saturated heterocycles. The van der Waals surface area contributed by atoms with E-state index in [0.717, 1.165) is 29.9 Å². The summed E-state index contributed by atoms with van der Waals surface area (Å²) in [6.45, 7) is 0. The Balaban J connectivity index is 1.78. The lowest BCUT2D eigenvalue weighted by molar-refractivity contribution is -0.139. The first kappa shape index (κ1) is 14.8. The maximum absolute atomic E-state index is 11.3. The SMILES string of the molecule is COC(=O)Cc1cccc(Nc2cc(Cl)nc(C3CC3)n2)c1. The Morgan fingerprint density at radius 1 is 1.36 bits per heavy atom. The van der Waals surface area contributed by atoms with Gasteiger partial charge >= 0.3 is 5.97 Å². The summed E-state index contributed by atoms with van der Waals surface area (Å²) in [5.41, 5.74) is 1.72. The zero-order valence-corrected chi connectivity index (χ0v) is 12.9. The van der Waals surface area contributed by atoms with Gasteiger partial charge in [-0.15, -0.1) is 0 Å². The molecule has 0 amide bonds. The second-order valence-electron chi connectivity index (χ2n) is 5.29. The molecule has 1 aromatic carbocycles. The highest BCUT2D eigenvalue weighted by molar-refractivity contribution is 6.29. The van der Waals surface area contributed by atoms with Gasteiger partial charge in [0.15, 0.2) is 0 Å². The Labute approximate surface area is 133 Å². The van der Waals surface area contributed by atoms with Crippen LogP contribution in [-0.2, 0) is 16.0 Å². The van der Waals surface area contributed by atoms with Gasteiger partial charge in [-0.1, -0.05) is 23.7 Å². The molecule has 2 aromatic rings. The molecule has 114 valence electrons. The van der Waals surface area contributed by atoms with Gasteiger partial charge < -0.3 is 10.1 Å². The van der Waals surface area contributed by atoms with Gasteiger partial charge in [0.25, 0.3) is 0 Å². The molecule has 5 nitrogen and oxygen atoms in total. The van der Waals surface area contributed by atoms with Gasteiger partial charge in [0.05, 0.1) is 13.5 Å². The van der Waals surface area contributed by atoms with E-state index in [4.69, 9.17) is 11.6 Å². The van der Waals surface area contributed by atoms with Crippen molar-refractivity contribution in [3.8, 4) is 0 Å². The van der Waals surface area contributed by atoms with Gasteiger partial charge in [0, 0.05) is 17.7 Å². The predicted molar refractivity (Wildman–Crippen MR) is 84.5 cm³/mol. The van der Waals surface area contributed by atoms with E-state index in [0.29, 0.717) is 16.9 Å².